The molecule has 10 heavy (non-hydrogen) atoms. The lowest BCUT2D eigenvalue weighted by atomic mass is 10.4. The number of rotatable bonds is 1. The molecular formula is C6H9N3S. The van der Waals surface area contributed by atoms with E-state index < -0.39 is 0 Å². The van der Waals surface area contributed by atoms with E-state index in [-0.39, 0.29) is 0 Å². The number of aromatic nitrogens is 2. The molecule has 0 aliphatic carbocycles. The summed E-state index contributed by atoms with van der Waals surface area (Å²) in [4.78, 5) is 6.93. The molecule has 0 bridgehead atoms. The zero-order chi connectivity index (χ0) is 7.56. The average Bonchev–Trinajstić information content (AvgIpc) is 1.85. The van der Waals surface area contributed by atoms with Crippen molar-refractivity contribution in [3.8, 4) is 0 Å². The van der Waals surface area contributed by atoms with Crippen molar-refractivity contribution in [2.45, 2.75) is 13.3 Å². The van der Waals surface area contributed by atoms with E-state index in [1.807, 2.05) is 6.92 Å². The molecule has 0 atom stereocenters. The number of nitrogens with two attached hydrogens (primary N) is 1. The van der Waals surface area contributed by atoms with E-state index in [9.17, 15) is 0 Å². The molecule has 1 heterocycles. The van der Waals surface area contributed by atoms with Crippen LogP contribution in [0, 0.1) is 4.64 Å². The van der Waals surface area contributed by atoms with Crippen LogP contribution in [0.15, 0.2) is 6.07 Å². The van der Waals surface area contributed by atoms with Crippen molar-refractivity contribution in [1.29, 1.82) is 0 Å². The molecule has 0 unspecified atom stereocenters. The van der Waals surface area contributed by atoms with E-state index in [0.29, 0.717) is 10.5 Å². The molecule has 0 aliphatic rings. The Morgan fingerprint density at radius 1 is 1.80 bits per heavy atom. The molecule has 1 aromatic rings. The molecule has 0 saturated carbocycles. The van der Waals surface area contributed by atoms with Gasteiger partial charge in [-0.1, -0.05) is 19.1 Å². The second-order valence-corrected chi connectivity index (χ2v) is 2.39. The second-order valence-electron chi connectivity index (χ2n) is 1.97. The number of H-pyrrole nitrogens is 1. The van der Waals surface area contributed by atoms with E-state index in [0.717, 1.165) is 12.2 Å². The maximum absolute atomic E-state index is 5.47. The van der Waals surface area contributed by atoms with Crippen LogP contribution in [0.3, 0.4) is 0 Å². The van der Waals surface area contributed by atoms with Gasteiger partial charge in [0, 0.05) is 12.5 Å². The molecule has 0 fully saturated rings. The van der Waals surface area contributed by atoms with Gasteiger partial charge in [-0.05, 0) is 0 Å². The smallest absolute Gasteiger partial charge is 0.131 e. The van der Waals surface area contributed by atoms with Gasteiger partial charge in [0.2, 0.25) is 0 Å². The van der Waals surface area contributed by atoms with Crippen LogP contribution < -0.4 is 5.73 Å². The third kappa shape index (κ3) is 1.54. The van der Waals surface area contributed by atoms with Crippen molar-refractivity contribution in [1.82, 2.24) is 9.97 Å². The van der Waals surface area contributed by atoms with Crippen LogP contribution in [-0.4, -0.2) is 9.97 Å². The van der Waals surface area contributed by atoms with Gasteiger partial charge in [0.05, 0.1) is 0 Å². The minimum Gasteiger partial charge on any atom is -0.385 e. The van der Waals surface area contributed by atoms with Crippen LogP contribution in [-0.2, 0) is 6.42 Å². The molecule has 0 radical (unpaired) electrons. The SMILES string of the molecule is CCc1nc(=S)cc(N)[nH]1. The number of hydrogen-bond acceptors (Lipinski definition) is 3. The summed E-state index contributed by atoms with van der Waals surface area (Å²) < 4.78 is 0.549. The molecular weight excluding hydrogens is 146 g/mol. The van der Waals surface area contributed by atoms with E-state index in [2.05, 4.69) is 9.97 Å². The summed E-state index contributed by atoms with van der Waals surface area (Å²) in [7, 11) is 0. The largest absolute Gasteiger partial charge is 0.385 e. The van der Waals surface area contributed by atoms with Crippen LogP contribution in [0.4, 0.5) is 5.82 Å². The fourth-order valence-electron chi connectivity index (χ4n) is 0.696. The summed E-state index contributed by atoms with van der Waals surface area (Å²) in [6, 6.07) is 1.63. The highest BCUT2D eigenvalue weighted by Gasteiger charge is 1.90. The second kappa shape index (κ2) is 2.79. The van der Waals surface area contributed by atoms with Crippen molar-refractivity contribution in [3.63, 3.8) is 0 Å². The average molecular weight is 155 g/mol. The molecule has 4 heteroatoms. The molecule has 3 nitrogen and oxygen atoms in total. The predicted octanol–water partition coefficient (Wildman–Crippen LogP) is 1.28. The third-order valence-electron chi connectivity index (χ3n) is 1.15. The zero-order valence-corrected chi connectivity index (χ0v) is 6.53. The van der Waals surface area contributed by atoms with E-state index in [4.69, 9.17) is 18.0 Å². The topological polar surface area (TPSA) is 54.7 Å². The van der Waals surface area contributed by atoms with Crippen molar-refractivity contribution in [3.05, 3.63) is 16.5 Å². The first-order chi connectivity index (χ1) is 4.72. The lowest BCUT2D eigenvalue weighted by Crippen LogP contribution is -1.97. The standard InChI is InChI=1S/C6H9N3S/c1-2-5-8-4(7)3-6(10)9-5/h3H,2H2,1H3,(H3,7,8,9,10). The molecule has 1 aromatic heterocycles. The summed E-state index contributed by atoms with van der Waals surface area (Å²) >= 11 is 4.84. The fourth-order valence-corrected chi connectivity index (χ4v) is 0.934. The van der Waals surface area contributed by atoms with Gasteiger partial charge in [-0.2, -0.15) is 0 Å². The van der Waals surface area contributed by atoms with E-state index >= 15 is 0 Å². The molecule has 0 aliphatic heterocycles. The minimum absolute atomic E-state index is 0.549. The molecule has 54 valence electrons. The Hall–Kier alpha value is -0.900. The Labute approximate surface area is 64.3 Å². The highest BCUT2D eigenvalue weighted by atomic mass is 32.1. The Balaban J connectivity index is 3.19. The Morgan fingerprint density at radius 2 is 2.50 bits per heavy atom. The van der Waals surface area contributed by atoms with Crippen molar-refractivity contribution < 1.29 is 0 Å². The van der Waals surface area contributed by atoms with Crippen LogP contribution in [0.2, 0.25) is 0 Å². The number of aryl methyl sites for hydroxylation is 1. The highest BCUT2D eigenvalue weighted by Crippen LogP contribution is 1.98. The highest BCUT2D eigenvalue weighted by molar-refractivity contribution is 7.71. The summed E-state index contributed by atoms with van der Waals surface area (Å²) in [5.74, 6) is 1.42. The first-order valence-electron chi connectivity index (χ1n) is 3.08. The number of nitrogen functional groups attached to an aromatic ring is 1. The fraction of sp³-hybridized carbons (Fsp3) is 0.333. The summed E-state index contributed by atoms with van der Waals surface area (Å²) in [5, 5.41) is 0. The monoisotopic (exact) mass is 155 g/mol. The lowest BCUT2D eigenvalue weighted by Gasteiger charge is -1.96. The Bertz CT molecular complexity index is 279. The van der Waals surface area contributed by atoms with Gasteiger partial charge in [0.25, 0.3) is 0 Å². The number of hydrogen-bond donors (Lipinski definition) is 2. The maximum Gasteiger partial charge on any atom is 0.131 e. The summed E-state index contributed by atoms with van der Waals surface area (Å²) in [5.41, 5.74) is 5.47. The van der Waals surface area contributed by atoms with Gasteiger partial charge in [-0.15, -0.1) is 0 Å². The molecule has 3 N–H and O–H groups in total. The zero-order valence-electron chi connectivity index (χ0n) is 5.72. The van der Waals surface area contributed by atoms with E-state index in [1.165, 1.54) is 0 Å². The van der Waals surface area contributed by atoms with Crippen LogP contribution in [0.5, 0.6) is 0 Å². The normalized spacial score (nSPS) is 9.70. The van der Waals surface area contributed by atoms with Gasteiger partial charge in [0.1, 0.15) is 16.3 Å². The minimum atomic E-state index is 0.549. The van der Waals surface area contributed by atoms with Crippen LogP contribution in [0.25, 0.3) is 0 Å². The van der Waals surface area contributed by atoms with Crippen molar-refractivity contribution in [2.24, 2.45) is 0 Å². The Morgan fingerprint density at radius 3 is 3.00 bits per heavy atom. The molecule has 1 rings (SSSR count). The Kier molecular flexibility index (Phi) is 2.01. The lowest BCUT2D eigenvalue weighted by molar-refractivity contribution is 0.938. The predicted molar refractivity (Wildman–Crippen MR) is 43.2 cm³/mol. The molecule has 0 saturated heterocycles. The van der Waals surface area contributed by atoms with Gasteiger partial charge < -0.3 is 10.7 Å². The summed E-state index contributed by atoms with van der Waals surface area (Å²) in [6.07, 6.45) is 0.828. The number of nitrogens with one attached hydrogen (secondary N) is 1. The van der Waals surface area contributed by atoms with Crippen molar-refractivity contribution >= 4 is 18.0 Å². The molecule has 0 aromatic carbocycles. The van der Waals surface area contributed by atoms with Crippen molar-refractivity contribution in [2.75, 3.05) is 5.73 Å². The van der Waals surface area contributed by atoms with Gasteiger partial charge in [0.15, 0.2) is 0 Å². The number of aromatic amines is 1. The first kappa shape index (κ1) is 7.21. The molecule has 0 spiro atoms. The van der Waals surface area contributed by atoms with E-state index in [1.54, 1.807) is 6.07 Å². The quantitative estimate of drug-likeness (QED) is 0.601. The maximum atomic E-state index is 5.47. The molecule has 0 amide bonds. The van der Waals surface area contributed by atoms with Gasteiger partial charge in [-0.3, -0.25) is 0 Å². The van der Waals surface area contributed by atoms with Gasteiger partial charge in [-0.25, -0.2) is 4.98 Å². The number of nitrogens with zero attached hydrogens (tertiary/aromatic N) is 1. The third-order valence-corrected chi connectivity index (χ3v) is 1.36. The first-order valence-corrected chi connectivity index (χ1v) is 3.49. The van der Waals surface area contributed by atoms with Gasteiger partial charge >= 0.3 is 0 Å². The number of anilines is 1. The summed E-state index contributed by atoms with van der Waals surface area (Å²) in [6.45, 7) is 1.99. The van der Waals surface area contributed by atoms with Crippen LogP contribution in [0.1, 0.15) is 12.7 Å². The van der Waals surface area contributed by atoms with Crippen LogP contribution >= 0.6 is 12.2 Å².